The van der Waals surface area contributed by atoms with Crippen LogP contribution in [-0.2, 0) is 6.54 Å². The molecule has 112 valence electrons. The predicted molar refractivity (Wildman–Crippen MR) is 79.9 cm³/mol. The second-order valence-electron chi connectivity index (χ2n) is 4.98. The summed E-state index contributed by atoms with van der Waals surface area (Å²) in [7, 11) is 0. The van der Waals surface area contributed by atoms with E-state index in [1.54, 1.807) is 18.2 Å². The van der Waals surface area contributed by atoms with Crippen LogP contribution in [0.1, 0.15) is 19.4 Å². The number of hydrogen-bond acceptors (Lipinski definition) is 2. The summed E-state index contributed by atoms with van der Waals surface area (Å²) in [5.41, 5.74) is 0.525. The second kappa shape index (κ2) is 6.87. The zero-order valence-electron chi connectivity index (χ0n) is 11.8. The molecule has 0 atom stereocenters. The summed E-state index contributed by atoms with van der Waals surface area (Å²) in [4.78, 5) is 0. The Morgan fingerprint density at radius 1 is 1.14 bits per heavy atom. The summed E-state index contributed by atoms with van der Waals surface area (Å²) in [6, 6.07) is 9.14. The van der Waals surface area contributed by atoms with Crippen molar-refractivity contribution in [3.63, 3.8) is 0 Å². The van der Waals surface area contributed by atoms with Crippen molar-refractivity contribution in [3.05, 3.63) is 58.6 Å². The highest BCUT2D eigenvalue weighted by atomic mass is 35.5. The third kappa shape index (κ3) is 4.41. The van der Waals surface area contributed by atoms with Crippen LogP contribution >= 0.6 is 11.6 Å². The molecule has 0 aromatic heterocycles. The zero-order chi connectivity index (χ0) is 15.4. The van der Waals surface area contributed by atoms with Gasteiger partial charge < -0.3 is 10.1 Å². The number of ether oxygens (including phenoxy) is 1. The Balaban J connectivity index is 2.21. The maximum absolute atomic E-state index is 14.0. The van der Waals surface area contributed by atoms with E-state index in [1.807, 2.05) is 13.8 Å². The molecule has 0 spiro atoms. The SMILES string of the molecule is CC(C)NCc1cc(F)c(Oc2cccc(Cl)c2)c(F)c1. The van der Waals surface area contributed by atoms with Crippen molar-refractivity contribution in [1.29, 1.82) is 0 Å². The standard InChI is InChI=1S/C16H16ClF2NO/c1-10(2)20-9-11-6-14(18)16(15(19)7-11)21-13-5-3-4-12(17)8-13/h3-8,10,20H,9H2,1-2H3. The maximum Gasteiger partial charge on any atom is 0.198 e. The molecule has 0 saturated heterocycles. The molecule has 5 heteroatoms. The molecule has 21 heavy (non-hydrogen) atoms. The van der Waals surface area contributed by atoms with Crippen LogP contribution in [0, 0.1) is 11.6 Å². The van der Waals surface area contributed by atoms with Gasteiger partial charge >= 0.3 is 0 Å². The topological polar surface area (TPSA) is 21.3 Å². The van der Waals surface area contributed by atoms with Gasteiger partial charge in [-0.1, -0.05) is 31.5 Å². The molecule has 0 aliphatic rings. The summed E-state index contributed by atoms with van der Waals surface area (Å²) in [5, 5.41) is 3.54. The molecule has 0 amide bonds. The first-order chi connectivity index (χ1) is 9.95. The Hall–Kier alpha value is -1.65. The lowest BCUT2D eigenvalue weighted by Crippen LogP contribution is -2.22. The van der Waals surface area contributed by atoms with Crippen molar-refractivity contribution in [3.8, 4) is 11.5 Å². The van der Waals surface area contributed by atoms with Crippen LogP contribution in [0.3, 0.4) is 0 Å². The van der Waals surface area contributed by atoms with E-state index in [9.17, 15) is 8.78 Å². The normalized spacial score (nSPS) is 11.0. The minimum atomic E-state index is -0.740. The van der Waals surface area contributed by atoms with E-state index in [0.717, 1.165) is 0 Å². The van der Waals surface area contributed by atoms with E-state index >= 15 is 0 Å². The van der Waals surface area contributed by atoms with Gasteiger partial charge in [-0.3, -0.25) is 0 Å². The van der Waals surface area contributed by atoms with Gasteiger partial charge in [0.2, 0.25) is 0 Å². The average molecular weight is 312 g/mol. The lowest BCUT2D eigenvalue weighted by atomic mass is 10.2. The molecule has 2 aromatic carbocycles. The van der Waals surface area contributed by atoms with Crippen LogP contribution in [0.25, 0.3) is 0 Å². The summed E-state index contributed by atoms with van der Waals surface area (Å²) >= 11 is 5.81. The van der Waals surface area contributed by atoms with Gasteiger partial charge in [0.15, 0.2) is 17.4 Å². The van der Waals surface area contributed by atoms with Crippen LogP contribution in [0.4, 0.5) is 8.78 Å². The van der Waals surface area contributed by atoms with E-state index in [0.29, 0.717) is 17.1 Å². The van der Waals surface area contributed by atoms with Gasteiger partial charge in [0.1, 0.15) is 5.75 Å². The van der Waals surface area contributed by atoms with Gasteiger partial charge in [0.25, 0.3) is 0 Å². The molecule has 0 unspecified atom stereocenters. The first-order valence-electron chi connectivity index (χ1n) is 6.60. The summed E-state index contributed by atoms with van der Waals surface area (Å²) in [6.07, 6.45) is 0. The Morgan fingerprint density at radius 3 is 2.38 bits per heavy atom. The van der Waals surface area contributed by atoms with Crippen molar-refractivity contribution in [2.75, 3.05) is 0 Å². The quantitative estimate of drug-likeness (QED) is 0.847. The predicted octanol–water partition coefficient (Wildman–Crippen LogP) is 4.91. The Bertz CT molecular complexity index is 608. The van der Waals surface area contributed by atoms with Gasteiger partial charge in [-0.05, 0) is 35.9 Å². The highest BCUT2D eigenvalue weighted by molar-refractivity contribution is 6.30. The second-order valence-corrected chi connectivity index (χ2v) is 5.42. The fraction of sp³-hybridized carbons (Fsp3) is 0.250. The monoisotopic (exact) mass is 311 g/mol. The fourth-order valence-corrected chi connectivity index (χ4v) is 1.96. The summed E-state index contributed by atoms with van der Waals surface area (Å²) in [6.45, 7) is 4.32. The Kier molecular flexibility index (Phi) is 5.15. The lowest BCUT2D eigenvalue weighted by molar-refractivity contribution is 0.406. The molecule has 1 N–H and O–H groups in total. The number of benzene rings is 2. The lowest BCUT2D eigenvalue weighted by Gasteiger charge is -2.12. The van der Waals surface area contributed by atoms with Gasteiger partial charge in [-0.2, -0.15) is 0 Å². The van der Waals surface area contributed by atoms with E-state index < -0.39 is 17.4 Å². The molecule has 2 rings (SSSR count). The van der Waals surface area contributed by atoms with Crippen LogP contribution in [0.5, 0.6) is 11.5 Å². The molecule has 0 aliphatic carbocycles. The molecule has 0 heterocycles. The van der Waals surface area contributed by atoms with Crippen LogP contribution in [0.2, 0.25) is 5.02 Å². The fourth-order valence-electron chi connectivity index (χ4n) is 1.78. The average Bonchev–Trinajstić information content (AvgIpc) is 2.40. The summed E-state index contributed by atoms with van der Waals surface area (Å²) < 4.78 is 33.2. The molecule has 0 aliphatic heterocycles. The van der Waals surface area contributed by atoms with E-state index in [-0.39, 0.29) is 11.8 Å². The van der Waals surface area contributed by atoms with Gasteiger partial charge in [-0.25, -0.2) is 8.78 Å². The third-order valence-corrected chi connectivity index (χ3v) is 3.02. The highest BCUT2D eigenvalue weighted by Gasteiger charge is 2.14. The largest absolute Gasteiger partial charge is 0.451 e. The van der Waals surface area contributed by atoms with E-state index in [1.165, 1.54) is 18.2 Å². The first kappa shape index (κ1) is 15.7. The highest BCUT2D eigenvalue weighted by Crippen LogP contribution is 2.29. The van der Waals surface area contributed by atoms with E-state index in [4.69, 9.17) is 16.3 Å². The van der Waals surface area contributed by atoms with Crippen LogP contribution in [-0.4, -0.2) is 6.04 Å². The molecule has 0 fully saturated rings. The van der Waals surface area contributed by atoms with Gasteiger partial charge in [0, 0.05) is 17.6 Å². The Labute approximate surface area is 127 Å². The number of hydrogen-bond donors (Lipinski definition) is 1. The molecule has 0 saturated carbocycles. The number of nitrogens with one attached hydrogen (secondary N) is 1. The molecular formula is C16H16ClF2NO. The molecule has 0 bridgehead atoms. The van der Waals surface area contributed by atoms with Crippen molar-refractivity contribution in [2.24, 2.45) is 0 Å². The van der Waals surface area contributed by atoms with Crippen molar-refractivity contribution in [2.45, 2.75) is 26.4 Å². The minimum Gasteiger partial charge on any atom is -0.451 e. The van der Waals surface area contributed by atoms with Crippen LogP contribution in [0.15, 0.2) is 36.4 Å². The van der Waals surface area contributed by atoms with Gasteiger partial charge in [0.05, 0.1) is 0 Å². The molecule has 2 aromatic rings. The molecular weight excluding hydrogens is 296 g/mol. The third-order valence-electron chi connectivity index (χ3n) is 2.79. The smallest absolute Gasteiger partial charge is 0.198 e. The van der Waals surface area contributed by atoms with Crippen molar-refractivity contribution < 1.29 is 13.5 Å². The van der Waals surface area contributed by atoms with E-state index in [2.05, 4.69) is 5.32 Å². The van der Waals surface area contributed by atoms with Crippen molar-refractivity contribution >= 4 is 11.6 Å². The minimum absolute atomic E-state index is 0.235. The zero-order valence-corrected chi connectivity index (χ0v) is 12.5. The number of rotatable bonds is 5. The summed E-state index contributed by atoms with van der Waals surface area (Å²) in [5.74, 6) is -1.62. The number of halogens is 3. The molecule has 0 radical (unpaired) electrons. The maximum atomic E-state index is 14.0. The van der Waals surface area contributed by atoms with Crippen LogP contribution < -0.4 is 10.1 Å². The first-order valence-corrected chi connectivity index (χ1v) is 6.98. The Morgan fingerprint density at radius 2 is 1.81 bits per heavy atom. The van der Waals surface area contributed by atoms with Gasteiger partial charge in [-0.15, -0.1) is 0 Å². The molecule has 2 nitrogen and oxygen atoms in total. The van der Waals surface area contributed by atoms with Crippen molar-refractivity contribution in [1.82, 2.24) is 5.32 Å².